The van der Waals surface area contributed by atoms with Gasteiger partial charge in [0.15, 0.2) is 0 Å². The Balaban J connectivity index is 2.25. The average Bonchev–Trinajstić information content (AvgIpc) is 2.42. The third kappa shape index (κ3) is 3.56. The Kier molecular flexibility index (Phi) is 4.97. The Hall–Kier alpha value is -0.900. The topological polar surface area (TPSA) is 24.9 Å². The number of hydrogen-bond acceptors (Lipinski definition) is 2. The highest BCUT2D eigenvalue weighted by Gasteiger charge is 2.15. The van der Waals surface area contributed by atoms with Crippen molar-refractivity contribution in [3.8, 4) is 0 Å². The number of nitrogens with one attached hydrogen (secondary N) is 1. The molecule has 0 bridgehead atoms. The molecule has 0 aliphatic heterocycles. The molecule has 2 rings (SSSR count). The first-order valence-corrected chi connectivity index (χ1v) is 7.31. The summed E-state index contributed by atoms with van der Waals surface area (Å²) in [6, 6.07) is 10.3. The molecule has 1 atom stereocenters. The maximum atomic E-state index is 6.39. The molecule has 0 amide bonds. The lowest BCUT2D eigenvalue weighted by Gasteiger charge is -2.18. The second kappa shape index (κ2) is 6.51. The van der Waals surface area contributed by atoms with Crippen LogP contribution in [0, 0.1) is 6.92 Å². The predicted octanol–water partition coefficient (Wildman–Crippen LogP) is 4.31. The first kappa shape index (κ1) is 14.5. The minimum absolute atomic E-state index is 0.168. The van der Waals surface area contributed by atoms with Gasteiger partial charge >= 0.3 is 0 Å². The van der Waals surface area contributed by atoms with Gasteiger partial charge in [0.25, 0.3) is 0 Å². The van der Waals surface area contributed by atoms with Crippen LogP contribution in [0.25, 0.3) is 0 Å². The van der Waals surface area contributed by atoms with Crippen LogP contribution in [-0.2, 0) is 6.42 Å². The van der Waals surface area contributed by atoms with Crippen molar-refractivity contribution < 1.29 is 0 Å². The van der Waals surface area contributed by atoms with Crippen LogP contribution in [0.15, 0.2) is 41.0 Å². The molecular formula is C15H16BrClN2. The third-order valence-corrected chi connectivity index (χ3v) is 4.13. The van der Waals surface area contributed by atoms with Crippen molar-refractivity contribution in [2.45, 2.75) is 19.4 Å². The number of pyridine rings is 1. The van der Waals surface area contributed by atoms with Gasteiger partial charge in [-0.25, -0.2) is 0 Å². The van der Waals surface area contributed by atoms with Crippen molar-refractivity contribution in [1.29, 1.82) is 0 Å². The molecule has 0 radical (unpaired) electrons. The summed E-state index contributed by atoms with van der Waals surface area (Å²) in [6.45, 7) is 2.02. The number of aromatic nitrogens is 1. The van der Waals surface area contributed by atoms with Crippen LogP contribution in [-0.4, -0.2) is 12.0 Å². The Morgan fingerprint density at radius 1 is 1.32 bits per heavy atom. The highest BCUT2D eigenvalue weighted by molar-refractivity contribution is 9.10. The number of hydrogen-bond donors (Lipinski definition) is 1. The van der Waals surface area contributed by atoms with Crippen molar-refractivity contribution in [2.75, 3.05) is 7.05 Å². The fourth-order valence-electron chi connectivity index (χ4n) is 2.04. The van der Waals surface area contributed by atoms with Crippen LogP contribution in [0.1, 0.15) is 22.9 Å². The summed E-state index contributed by atoms with van der Waals surface area (Å²) in [4.78, 5) is 4.41. The largest absolute Gasteiger partial charge is 0.313 e. The third-order valence-electron chi connectivity index (χ3n) is 3.15. The Labute approximate surface area is 127 Å². The van der Waals surface area contributed by atoms with Crippen molar-refractivity contribution >= 4 is 27.5 Å². The van der Waals surface area contributed by atoms with E-state index in [0.717, 1.165) is 32.7 Å². The number of halogens is 2. The number of nitrogens with zero attached hydrogens (tertiary/aromatic N) is 1. The maximum Gasteiger partial charge on any atom is 0.0483 e. The van der Waals surface area contributed by atoms with Crippen molar-refractivity contribution in [3.05, 3.63) is 62.8 Å². The van der Waals surface area contributed by atoms with Gasteiger partial charge in [0, 0.05) is 33.8 Å². The smallest absolute Gasteiger partial charge is 0.0483 e. The summed E-state index contributed by atoms with van der Waals surface area (Å²) >= 11 is 9.79. The lowest BCUT2D eigenvalue weighted by molar-refractivity contribution is 0.584. The molecule has 0 aliphatic rings. The van der Waals surface area contributed by atoms with Gasteiger partial charge in [-0.05, 0) is 53.2 Å². The van der Waals surface area contributed by atoms with E-state index in [2.05, 4.69) is 32.3 Å². The molecule has 1 N–H and O–H groups in total. The first-order chi connectivity index (χ1) is 9.11. The normalized spacial score (nSPS) is 12.4. The van der Waals surface area contributed by atoms with Crippen LogP contribution >= 0.6 is 27.5 Å². The zero-order valence-corrected chi connectivity index (χ0v) is 13.3. The molecule has 2 nitrogen and oxygen atoms in total. The zero-order chi connectivity index (χ0) is 13.8. The van der Waals surface area contributed by atoms with E-state index in [1.54, 1.807) is 0 Å². The van der Waals surface area contributed by atoms with Crippen LogP contribution in [0.2, 0.25) is 5.02 Å². The molecular weight excluding hydrogens is 324 g/mol. The van der Waals surface area contributed by atoms with E-state index in [9.17, 15) is 0 Å². The Bertz CT molecular complexity index is 555. The monoisotopic (exact) mass is 338 g/mol. The van der Waals surface area contributed by atoms with E-state index in [1.165, 1.54) is 0 Å². The van der Waals surface area contributed by atoms with Crippen molar-refractivity contribution in [3.63, 3.8) is 0 Å². The minimum atomic E-state index is 0.168. The van der Waals surface area contributed by atoms with E-state index in [4.69, 9.17) is 11.6 Å². The number of rotatable bonds is 4. The first-order valence-electron chi connectivity index (χ1n) is 6.14. The SMILES string of the molecule is CNC(Cc1ccc(Br)cn1)c1cccc(C)c1Cl. The Morgan fingerprint density at radius 2 is 2.11 bits per heavy atom. The van der Waals surface area contributed by atoms with Crippen LogP contribution < -0.4 is 5.32 Å². The van der Waals surface area contributed by atoms with E-state index in [1.807, 2.05) is 44.4 Å². The summed E-state index contributed by atoms with van der Waals surface area (Å²) in [5.41, 5.74) is 3.26. The van der Waals surface area contributed by atoms with Crippen molar-refractivity contribution in [2.24, 2.45) is 0 Å². The zero-order valence-electron chi connectivity index (χ0n) is 11.0. The Morgan fingerprint density at radius 3 is 2.74 bits per heavy atom. The standard InChI is InChI=1S/C15H16BrClN2/c1-10-4-3-5-13(15(10)17)14(18-2)8-12-7-6-11(16)9-19-12/h3-7,9,14,18H,8H2,1-2H3. The molecule has 0 saturated heterocycles. The van der Waals surface area contributed by atoms with E-state index < -0.39 is 0 Å². The molecule has 1 aromatic carbocycles. The summed E-state index contributed by atoms with van der Waals surface area (Å²) in [5, 5.41) is 4.15. The van der Waals surface area contributed by atoms with E-state index in [-0.39, 0.29) is 6.04 Å². The summed E-state index contributed by atoms with van der Waals surface area (Å²) in [5.74, 6) is 0. The van der Waals surface area contributed by atoms with Crippen LogP contribution in [0.5, 0.6) is 0 Å². The predicted molar refractivity (Wildman–Crippen MR) is 83.6 cm³/mol. The molecule has 1 heterocycles. The molecule has 4 heteroatoms. The quantitative estimate of drug-likeness (QED) is 0.898. The minimum Gasteiger partial charge on any atom is -0.313 e. The summed E-state index contributed by atoms with van der Waals surface area (Å²) in [6.07, 6.45) is 2.63. The fourth-order valence-corrected chi connectivity index (χ4v) is 2.54. The van der Waals surface area contributed by atoms with Crippen molar-refractivity contribution in [1.82, 2.24) is 10.3 Å². The summed E-state index contributed by atoms with van der Waals surface area (Å²) in [7, 11) is 1.95. The van der Waals surface area contributed by atoms with Crippen LogP contribution in [0.4, 0.5) is 0 Å². The molecule has 0 saturated carbocycles. The molecule has 0 aliphatic carbocycles. The fraction of sp³-hybridized carbons (Fsp3) is 0.267. The molecule has 1 aromatic heterocycles. The van der Waals surface area contributed by atoms with Gasteiger partial charge in [0.05, 0.1) is 0 Å². The lowest BCUT2D eigenvalue weighted by Crippen LogP contribution is -2.20. The second-order valence-electron chi connectivity index (χ2n) is 4.49. The van der Waals surface area contributed by atoms with E-state index >= 15 is 0 Å². The molecule has 0 spiro atoms. The lowest BCUT2D eigenvalue weighted by atomic mass is 10.00. The van der Waals surface area contributed by atoms with Gasteiger partial charge in [-0.15, -0.1) is 0 Å². The number of aryl methyl sites for hydroxylation is 1. The van der Waals surface area contributed by atoms with Gasteiger partial charge in [-0.3, -0.25) is 4.98 Å². The highest BCUT2D eigenvalue weighted by atomic mass is 79.9. The van der Waals surface area contributed by atoms with Gasteiger partial charge < -0.3 is 5.32 Å². The molecule has 19 heavy (non-hydrogen) atoms. The van der Waals surface area contributed by atoms with Gasteiger partial charge in [0.1, 0.15) is 0 Å². The van der Waals surface area contributed by atoms with Gasteiger partial charge in [-0.2, -0.15) is 0 Å². The number of likely N-dealkylation sites (N-methyl/N-ethyl adjacent to an activating group) is 1. The van der Waals surface area contributed by atoms with Gasteiger partial charge in [-0.1, -0.05) is 29.8 Å². The van der Waals surface area contributed by atoms with Crippen LogP contribution in [0.3, 0.4) is 0 Å². The maximum absolute atomic E-state index is 6.39. The average molecular weight is 340 g/mol. The molecule has 100 valence electrons. The molecule has 0 fully saturated rings. The number of benzene rings is 1. The van der Waals surface area contributed by atoms with Gasteiger partial charge in [0.2, 0.25) is 0 Å². The molecule has 2 aromatic rings. The highest BCUT2D eigenvalue weighted by Crippen LogP contribution is 2.28. The van der Waals surface area contributed by atoms with E-state index in [0.29, 0.717) is 0 Å². The summed E-state index contributed by atoms with van der Waals surface area (Å²) < 4.78 is 0.992. The second-order valence-corrected chi connectivity index (χ2v) is 5.78. The molecule has 1 unspecified atom stereocenters.